The highest BCUT2D eigenvalue weighted by Gasteiger charge is 2.47. The van der Waals surface area contributed by atoms with Crippen molar-refractivity contribution in [2.75, 3.05) is 14.7 Å². The molecule has 0 saturated carbocycles. The lowest BCUT2D eigenvalue weighted by atomic mass is 9.33. The van der Waals surface area contributed by atoms with Crippen molar-refractivity contribution in [3.63, 3.8) is 0 Å². The van der Waals surface area contributed by atoms with Gasteiger partial charge >= 0.3 is 0 Å². The van der Waals surface area contributed by atoms with Crippen LogP contribution in [0.15, 0.2) is 170 Å². The summed E-state index contributed by atoms with van der Waals surface area (Å²) in [6, 6.07) is 64.8. The summed E-state index contributed by atoms with van der Waals surface area (Å²) in [6.07, 6.45) is 2.31. The molecule has 0 unspecified atom stereocenters. The summed E-state index contributed by atoms with van der Waals surface area (Å²) in [5, 5.41) is 0. The molecule has 0 spiro atoms. The third-order valence-corrected chi connectivity index (χ3v) is 15.9. The second kappa shape index (κ2) is 16.4. The maximum atomic E-state index is 2.67. The SMILES string of the molecule is Cc1cc2c3c(c1)N(c1ccc(C(C)(C)C)cc1-c1ccccc1)c1ccc(N(c4ccccc4)c4ccccc4)cc1B3c1cc3c(cc1N2c1ccc(C(C)(C)C)cc1C)C(C)(C)CCC3(C)C. The number of benzene rings is 8. The van der Waals surface area contributed by atoms with Crippen molar-refractivity contribution in [3.05, 3.63) is 203 Å². The second-order valence-electron chi connectivity index (χ2n) is 23.9. The number of para-hydroxylation sites is 2. The highest BCUT2D eigenvalue weighted by Crippen LogP contribution is 2.52. The molecule has 3 aliphatic rings. The lowest BCUT2D eigenvalue weighted by Gasteiger charge is -2.48. The van der Waals surface area contributed by atoms with Gasteiger partial charge in [0.2, 0.25) is 0 Å². The number of aryl methyl sites for hydroxylation is 2. The molecule has 2 aliphatic heterocycles. The van der Waals surface area contributed by atoms with E-state index in [9.17, 15) is 0 Å². The zero-order valence-corrected chi connectivity index (χ0v) is 43.5. The topological polar surface area (TPSA) is 9.72 Å². The van der Waals surface area contributed by atoms with E-state index in [1.807, 2.05) is 0 Å². The van der Waals surface area contributed by atoms with Crippen LogP contribution in [0.3, 0.4) is 0 Å². The van der Waals surface area contributed by atoms with E-state index in [-0.39, 0.29) is 28.4 Å². The van der Waals surface area contributed by atoms with E-state index in [2.05, 4.69) is 268 Å². The van der Waals surface area contributed by atoms with Crippen LogP contribution in [0.5, 0.6) is 0 Å². The van der Waals surface area contributed by atoms with E-state index in [4.69, 9.17) is 0 Å². The number of fused-ring (bicyclic) bond motifs is 5. The van der Waals surface area contributed by atoms with Gasteiger partial charge in [0.05, 0.1) is 5.69 Å². The van der Waals surface area contributed by atoms with E-state index in [0.717, 1.165) is 29.9 Å². The Morgan fingerprint density at radius 1 is 0.443 bits per heavy atom. The minimum absolute atomic E-state index is 0.0214. The predicted octanol–water partition coefficient (Wildman–Crippen LogP) is 16.5. The van der Waals surface area contributed by atoms with Gasteiger partial charge in [-0.1, -0.05) is 160 Å². The largest absolute Gasteiger partial charge is 0.311 e. The Kier molecular flexibility index (Phi) is 10.7. The summed E-state index contributed by atoms with van der Waals surface area (Å²) >= 11 is 0. The van der Waals surface area contributed by atoms with Gasteiger partial charge in [0, 0.05) is 51.1 Å². The van der Waals surface area contributed by atoms with Crippen LogP contribution in [0.4, 0.5) is 51.2 Å². The average molecular weight is 914 g/mol. The molecule has 0 aromatic heterocycles. The molecule has 0 amide bonds. The van der Waals surface area contributed by atoms with E-state index in [1.54, 1.807) is 0 Å². The van der Waals surface area contributed by atoms with Crippen molar-refractivity contribution < 1.29 is 0 Å². The Labute approximate surface area is 418 Å². The predicted molar refractivity (Wildman–Crippen MR) is 303 cm³/mol. The van der Waals surface area contributed by atoms with Gasteiger partial charge in [-0.3, -0.25) is 0 Å². The number of rotatable bonds is 6. The van der Waals surface area contributed by atoms with E-state index >= 15 is 0 Å². The van der Waals surface area contributed by atoms with Crippen molar-refractivity contribution in [2.24, 2.45) is 0 Å². The average Bonchev–Trinajstić information content (AvgIpc) is 3.33. The minimum atomic E-state index is -0.0502. The van der Waals surface area contributed by atoms with Crippen LogP contribution in [-0.4, -0.2) is 6.71 Å². The van der Waals surface area contributed by atoms with Gasteiger partial charge in [-0.2, -0.15) is 0 Å². The summed E-state index contributed by atoms with van der Waals surface area (Å²) in [7, 11) is 0. The Bertz CT molecular complexity index is 3280. The summed E-state index contributed by atoms with van der Waals surface area (Å²) in [6.45, 7) is 28.4. The molecule has 8 aromatic carbocycles. The third kappa shape index (κ3) is 7.57. The smallest absolute Gasteiger partial charge is 0.252 e. The van der Waals surface area contributed by atoms with Gasteiger partial charge in [-0.15, -0.1) is 0 Å². The van der Waals surface area contributed by atoms with Crippen LogP contribution in [0.1, 0.15) is 115 Å². The molecule has 0 saturated heterocycles. The van der Waals surface area contributed by atoms with E-state index < -0.39 is 0 Å². The standard InChI is InChI=1S/C66H68BN3/c1-43-36-60-62-61(37-43)70(57-32-29-47(64(6,7)8)39-51(57)45-22-16-13-17-23-45)58-33-30-50(68(48-24-18-14-19-25-48)49-26-20-15-21-27-49)40-54(58)67(62)55-41-52-53(66(11,12)35-34-65(52,9)10)42-59(55)69(60)56-31-28-46(38-44(56)2)63(3,4)5/h13-33,36-42H,34-35H2,1-12H3. The molecule has 0 fully saturated rings. The molecule has 0 atom stereocenters. The van der Waals surface area contributed by atoms with Crippen molar-refractivity contribution >= 4 is 74.3 Å². The molecule has 2 heterocycles. The molecule has 1 aliphatic carbocycles. The normalized spacial score (nSPS) is 15.5. The molecule has 0 N–H and O–H groups in total. The summed E-state index contributed by atoms with van der Waals surface area (Å²) in [4.78, 5) is 7.71. The first-order chi connectivity index (χ1) is 33.3. The van der Waals surface area contributed by atoms with Crippen LogP contribution in [0.2, 0.25) is 0 Å². The fourth-order valence-corrected chi connectivity index (χ4v) is 11.9. The fourth-order valence-electron chi connectivity index (χ4n) is 11.9. The molecule has 0 radical (unpaired) electrons. The van der Waals surface area contributed by atoms with Crippen LogP contribution in [0, 0.1) is 13.8 Å². The van der Waals surface area contributed by atoms with Gasteiger partial charge in [0.25, 0.3) is 6.71 Å². The second-order valence-corrected chi connectivity index (χ2v) is 23.9. The highest BCUT2D eigenvalue weighted by atomic mass is 15.2. The van der Waals surface area contributed by atoms with Crippen LogP contribution in [-0.2, 0) is 21.7 Å². The molecule has 70 heavy (non-hydrogen) atoms. The summed E-state index contributed by atoms with van der Waals surface area (Å²) in [5.74, 6) is 0. The van der Waals surface area contributed by atoms with Crippen molar-refractivity contribution in [1.82, 2.24) is 0 Å². The first-order valence-electron chi connectivity index (χ1n) is 25.6. The molecule has 11 rings (SSSR count). The van der Waals surface area contributed by atoms with E-state index in [0.29, 0.717) is 0 Å². The Hall–Kier alpha value is -6.78. The number of hydrogen-bond acceptors (Lipinski definition) is 3. The minimum Gasteiger partial charge on any atom is -0.311 e. The maximum Gasteiger partial charge on any atom is 0.252 e. The van der Waals surface area contributed by atoms with Gasteiger partial charge in [0.15, 0.2) is 0 Å². The summed E-state index contributed by atoms with van der Waals surface area (Å²) in [5.41, 5.74) is 25.5. The molecular weight excluding hydrogens is 846 g/mol. The third-order valence-electron chi connectivity index (χ3n) is 15.9. The molecule has 4 heteroatoms. The van der Waals surface area contributed by atoms with Gasteiger partial charge < -0.3 is 14.7 Å². The Balaban J connectivity index is 1.27. The van der Waals surface area contributed by atoms with Crippen molar-refractivity contribution in [2.45, 2.75) is 118 Å². The van der Waals surface area contributed by atoms with Crippen molar-refractivity contribution in [1.29, 1.82) is 0 Å². The summed E-state index contributed by atoms with van der Waals surface area (Å²) < 4.78 is 0. The fraction of sp³-hybridized carbons (Fsp3) is 0.273. The molecular formula is C66H68BN3. The van der Waals surface area contributed by atoms with Crippen LogP contribution >= 0.6 is 0 Å². The monoisotopic (exact) mass is 914 g/mol. The van der Waals surface area contributed by atoms with Gasteiger partial charge in [0.1, 0.15) is 0 Å². The zero-order chi connectivity index (χ0) is 49.1. The number of nitrogens with zero attached hydrogens (tertiary/aromatic N) is 3. The lowest BCUT2D eigenvalue weighted by molar-refractivity contribution is 0.332. The lowest BCUT2D eigenvalue weighted by Crippen LogP contribution is -2.62. The first kappa shape index (κ1) is 45.7. The van der Waals surface area contributed by atoms with E-state index in [1.165, 1.54) is 95.0 Å². The van der Waals surface area contributed by atoms with Crippen molar-refractivity contribution in [3.8, 4) is 11.1 Å². The first-order valence-corrected chi connectivity index (χ1v) is 25.6. The quantitative estimate of drug-likeness (QED) is 0.154. The highest BCUT2D eigenvalue weighted by molar-refractivity contribution is 7.00. The van der Waals surface area contributed by atoms with Crippen LogP contribution in [0.25, 0.3) is 11.1 Å². The Morgan fingerprint density at radius 3 is 1.49 bits per heavy atom. The van der Waals surface area contributed by atoms with Gasteiger partial charge in [-0.05, 0) is 183 Å². The molecule has 8 aromatic rings. The Morgan fingerprint density at radius 2 is 0.929 bits per heavy atom. The maximum absolute atomic E-state index is 2.67. The number of anilines is 9. The molecule has 350 valence electrons. The zero-order valence-electron chi connectivity index (χ0n) is 43.5. The molecule has 3 nitrogen and oxygen atoms in total. The number of hydrogen-bond donors (Lipinski definition) is 0. The molecule has 0 bridgehead atoms. The van der Waals surface area contributed by atoms with Gasteiger partial charge in [-0.25, -0.2) is 0 Å². The van der Waals surface area contributed by atoms with Crippen LogP contribution < -0.4 is 31.1 Å².